The van der Waals surface area contributed by atoms with Crippen LogP contribution >= 0.6 is 21.6 Å². The Kier molecular flexibility index (Phi) is 23.2. The highest BCUT2D eigenvalue weighted by molar-refractivity contribution is 8.77. The van der Waals surface area contributed by atoms with E-state index >= 15 is 0 Å². The Hall–Kier alpha value is -0.330. The number of carbonyl (C=O) groups is 1. The summed E-state index contributed by atoms with van der Waals surface area (Å²) in [6.07, 6.45) is 5.17. The average Bonchev–Trinajstić information content (AvgIpc) is 2.83. The molecule has 0 heterocycles. The van der Waals surface area contributed by atoms with E-state index in [-0.39, 0.29) is 15.6 Å². The molecular formula is C28H56N2O6S2. The monoisotopic (exact) mass is 580 g/mol. The molecule has 0 spiro atoms. The molecule has 1 atom stereocenters. The van der Waals surface area contributed by atoms with Crippen LogP contribution < -0.4 is 10.6 Å². The number of rotatable bonds is 25. The predicted molar refractivity (Wildman–Crippen MR) is 162 cm³/mol. The van der Waals surface area contributed by atoms with E-state index in [1.54, 1.807) is 10.8 Å². The Morgan fingerprint density at radius 2 is 1.37 bits per heavy atom. The molecule has 0 unspecified atom stereocenters. The lowest BCUT2D eigenvalue weighted by Crippen LogP contribution is -2.29. The maximum absolute atomic E-state index is 11.8. The zero-order valence-corrected chi connectivity index (χ0v) is 26.9. The van der Waals surface area contributed by atoms with Crippen LogP contribution in [0.2, 0.25) is 0 Å². The molecule has 0 bridgehead atoms. The summed E-state index contributed by atoms with van der Waals surface area (Å²) in [6.45, 7) is 23.3. The second kappa shape index (κ2) is 23.4. The minimum Gasteiger partial charge on any atom is -0.379 e. The van der Waals surface area contributed by atoms with E-state index in [0.29, 0.717) is 84.4 Å². The Morgan fingerprint density at radius 1 is 0.789 bits per heavy atom. The van der Waals surface area contributed by atoms with Gasteiger partial charge < -0.3 is 34.3 Å². The second-order valence-corrected chi connectivity index (χ2v) is 14.2. The molecule has 0 aromatic heterocycles. The van der Waals surface area contributed by atoms with Crippen molar-refractivity contribution in [3.63, 3.8) is 0 Å². The van der Waals surface area contributed by atoms with E-state index in [4.69, 9.17) is 23.7 Å². The van der Waals surface area contributed by atoms with Crippen molar-refractivity contribution >= 4 is 27.5 Å². The first-order valence-electron chi connectivity index (χ1n) is 13.9. The number of amides is 1. The predicted octanol–water partition coefficient (Wildman–Crippen LogP) is 5.07. The lowest BCUT2D eigenvalue weighted by atomic mass is 10.2. The molecule has 38 heavy (non-hydrogen) atoms. The Labute approximate surface area is 240 Å². The van der Waals surface area contributed by atoms with Gasteiger partial charge in [-0.2, -0.15) is 0 Å². The molecule has 1 amide bonds. The average molecular weight is 581 g/mol. The minimum atomic E-state index is -0.377. The van der Waals surface area contributed by atoms with Gasteiger partial charge in [0.25, 0.3) is 0 Å². The summed E-state index contributed by atoms with van der Waals surface area (Å²) in [7, 11) is 3.56. The first-order valence-corrected chi connectivity index (χ1v) is 16.1. The highest BCUT2D eigenvalue weighted by Crippen LogP contribution is 2.45. The van der Waals surface area contributed by atoms with Crippen molar-refractivity contribution in [2.75, 3.05) is 72.6 Å². The molecule has 8 nitrogen and oxygen atoms in total. The fraction of sp³-hybridized carbons (Fsp3) is 0.893. The number of hydrogen-bond acceptors (Lipinski definition) is 9. The molecule has 0 aliphatic heterocycles. The summed E-state index contributed by atoms with van der Waals surface area (Å²) in [5.41, 5.74) is 0. The molecule has 0 fully saturated rings. The van der Waals surface area contributed by atoms with Crippen LogP contribution in [0, 0.1) is 5.92 Å². The first kappa shape index (κ1) is 37.7. The van der Waals surface area contributed by atoms with E-state index in [2.05, 4.69) is 72.1 Å². The van der Waals surface area contributed by atoms with Crippen molar-refractivity contribution in [2.24, 2.45) is 5.92 Å². The number of carbonyl (C=O) groups excluding carboxylic acids is 1. The van der Waals surface area contributed by atoms with Gasteiger partial charge in [0.2, 0.25) is 5.91 Å². The Balaban J connectivity index is 4.00. The van der Waals surface area contributed by atoms with Crippen LogP contribution in [0.4, 0.5) is 0 Å². The zero-order chi connectivity index (χ0) is 28.7. The van der Waals surface area contributed by atoms with Gasteiger partial charge in [-0.1, -0.05) is 82.2 Å². The van der Waals surface area contributed by atoms with E-state index in [1.807, 2.05) is 16.9 Å². The van der Waals surface area contributed by atoms with Gasteiger partial charge in [-0.3, -0.25) is 4.79 Å². The molecule has 0 saturated carbocycles. The summed E-state index contributed by atoms with van der Waals surface area (Å²) < 4.78 is 28.9. The highest BCUT2D eigenvalue weighted by atomic mass is 33.1. The standard InChI is InChI=1S/C28H56N2O6S2/c1-24(2)10-9-13-30-26(31)11-15-32-18-21-35-22-23-36-28(8,38-37-27(5,6)7)12-16-33-19-20-34-17-14-29-25(3)4/h9-10,24-25,29H,11-23H2,1-8H3,(H,30,31)/b10-9+/t28-/m1/s1. The Morgan fingerprint density at radius 3 is 1.97 bits per heavy atom. The van der Waals surface area contributed by atoms with Crippen LogP contribution in [-0.4, -0.2) is 94.2 Å². The van der Waals surface area contributed by atoms with Crippen LogP contribution in [0.25, 0.3) is 0 Å². The number of allylic oxidation sites excluding steroid dienone is 1. The third kappa shape index (κ3) is 27.2. The molecule has 0 aromatic rings. The maximum atomic E-state index is 11.8. The molecule has 0 aromatic carbocycles. The fourth-order valence-corrected chi connectivity index (χ4v) is 5.15. The summed E-state index contributed by atoms with van der Waals surface area (Å²) in [4.78, 5) is 11.4. The molecule has 0 rings (SSSR count). The lowest BCUT2D eigenvalue weighted by Gasteiger charge is -2.31. The first-order chi connectivity index (χ1) is 17.9. The van der Waals surface area contributed by atoms with Crippen molar-refractivity contribution in [2.45, 2.75) is 84.0 Å². The maximum Gasteiger partial charge on any atom is 0.222 e. The quantitative estimate of drug-likeness (QED) is 0.0665. The molecule has 0 aliphatic carbocycles. The summed E-state index contributed by atoms with van der Waals surface area (Å²) >= 11 is 0. The summed E-state index contributed by atoms with van der Waals surface area (Å²) in [6, 6.07) is 0.474. The molecule has 0 saturated heterocycles. The van der Waals surface area contributed by atoms with Crippen molar-refractivity contribution < 1.29 is 28.5 Å². The number of hydrogen-bond donors (Lipinski definition) is 2. The van der Waals surface area contributed by atoms with E-state index in [1.165, 1.54) is 0 Å². The van der Waals surface area contributed by atoms with Gasteiger partial charge in [0, 0.05) is 36.7 Å². The lowest BCUT2D eigenvalue weighted by molar-refractivity contribution is -0.122. The largest absolute Gasteiger partial charge is 0.379 e. The molecule has 10 heteroatoms. The van der Waals surface area contributed by atoms with Crippen LogP contribution in [-0.2, 0) is 28.5 Å². The van der Waals surface area contributed by atoms with Gasteiger partial charge >= 0.3 is 0 Å². The molecule has 0 aliphatic rings. The third-order valence-corrected chi connectivity index (χ3v) is 8.82. The van der Waals surface area contributed by atoms with Crippen LogP contribution in [0.3, 0.4) is 0 Å². The van der Waals surface area contributed by atoms with Crippen LogP contribution in [0.1, 0.15) is 68.2 Å². The number of ether oxygens (including phenoxy) is 5. The van der Waals surface area contributed by atoms with Gasteiger partial charge in [0.15, 0.2) is 0 Å². The van der Waals surface area contributed by atoms with Crippen molar-refractivity contribution in [3.8, 4) is 0 Å². The number of nitrogens with one attached hydrogen (secondary N) is 2. The van der Waals surface area contributed by atoms with Gasteiger partial charge in [-0.05, 0) is 12.8 Å². The van der Waals surface area contributed by atoms with Crippen LogP contribution in [0.15, 0.2) is 12.2 Å². The summed E-state index contributed by atoms with van der Waals surface area (Å²) in [5.74, 6) is 0.482. The van der Waals surface area contributed by atoms with E-state index in [0.717, 1.165) is 13.0 Å². The van der Waals surface area contributed by atoms with Gasteiger partial charge in [-0.25, -0.2) is 0 Å². The van der Waals surface area contributed by atoms with Gasteiger partial charge in [0.05, 0.1) is 59.5 Å². The Bertz CT molecular complexity index is 602. The SMILES string of the molecule is CC(C)/C=C/CNC(=O)CCOCCOCCO[C@@](C)(CCOCCOCCNC(C)C)SSC(C)(C)C. The van der Waals surface area contributed by atoms with Gasteiger partial charge in [0.1, 0.15) is 4.93 Å². The van der Waals surface area contributed by atoms with Crippen molar-refractivity contribution in [1.82, 2.24) is 10.6 Å². The normalized spacial score (nSPS) is 14.1. The molecule has 0 radical (unpaired) electrons. The van der Waals surface area contributed by atoms with Crippen LogP contribution in [0.5, 0.6) is 0 Å². The zero-order valence-electron chi connectivity index (χ0n) is 25.3. The molecule has 2 N–H and O–H groups in total. The van der Waals surface area contributed by atoms with Crippen molar-refractivity contribution in [3.05, 3.63) is 12.2 Å². The topological polar surface area (TPSA) is 87.3 Å². The smallest absolute Gasteiger partial charge is 0.222 e. The van der Waals surface area contributed by atoms with Crippen molar-refractivity contribution in [1.29, 1.82) is 0 Å². The molecular weight excluding hydrogens is 524 g/mol. The second-order valence-electron chi connectivity index (χ2n) is 10.8. The summed E-state index contributed by atoms with van der Waals surface area (Å²) in [5, 5.41) is 6.18. The fourth-order valence-electron chi connectivity index (χ4n) is 2.76. The highest BCUT2D eigenvalue weighted by Gasteiger charge is 2.29. The van der Waals surface area contributed by atoms with E-state index in [9.17, 15) is 4.79 Å². The van der Waals surface area contributed by atoms with Gasteiger partial charge in [-0.15, -0.1) is 0 Å². The third-order valence-electron chi connectivity index (χ3n) is 4.76. The minimum absolute atomic E-state index is 0.00641. The molecule has 226 valence electrons. The van der Waals surface area contributed by atoms with E-state index < -0.39 is 0 Å².